The molecule has 0 atom stereocenters. The van der Waals surface area contributed by atoms with Crippen LogP contribution in [0.3, 0.4) is 0 Å². The van der Waals surface area contributed by atoms with Crippen molar-refractivity contribution in [3.8, 4) is 11.1 Å². The zero-order valence-electron chi connectivity index (χ0n) is 21.3. The first kappa shape index (κ1) is 26.6. The van der Waals surface area contributed by atoms with E-state index in [1.54, 1.807) is 24.3 Å². The summed E-state index contributed by atoms with van der Waals surface area (Å²) in [5.41, 5.74) is 9.45. The second-order valence-corrected chi connectivity index (χ2v) is 12.0. The zero-order chi connectivity index (χ0) is 26.4. The summed E-state index contributed by atoms with van der Waals surface area (Å²) in [6.45, 7) is 1.13. The summed E-state index contributed by atoms with van der Waals surface area (Å²) >= 11 is 0. The number of nitrogens with zero attached hydrogens (tertiary/aromatic N) is 1. The molecule has 1 aliphatic carbocycles. The molecule has 0 aliphatic heterocycles. The van der Waals surface area contributed by atoms with Gasteiger partial charge in [-0.25, -0.2) is 8.42 Å². The number of benzene rings is 3. The molecule has 0 spiro atoms. The summed E-state index contributed by atoms with van der Waals surface area (Å²) in [4.78, 5) is 16.0. The first-order valence-corrected chi connectivity index (χ1v) is 14.7. The Morgan fingerprint density at radius 3 is 2.32 bits per heavy atom. The van der Waals surface area contributed by atoms with Crippen LogP contribution in [0.4, 0.5) is 0 Å². The highest BCUT2D eigenvalue weighted by Crippen LogP contribution is 2.31. The maximum absolute atomic E-state index is 13.8. The van der Waals surface area contributed by atoms with Crippen molar-refractivity contribution in [1.82, 2.24) is 4.90 Å². The standard InChI is InChI=1S/C30H35N3O3S/c1-37(35,36)28-17-8-7-16-27(28)26-15-6-5-13-24(26)19-29(34)33(20-22-10-3-2-4-11-22)21-23-12-9-14-25(18-23)30(31)32/h5-9,12-18,22H,2-4,10-11,19-21H2,1H3,(H3,31,32). The molecule has 3 N–H and O–H groups in total. The largest absolute Gasteiger partial charge is 0.384 e. The summed E-state index contributed by atoms with van der Waals surface area (Å²) in [5.74, 6) is 0.475. The average Bonchev–Trinajstić information content (AvgIpc) is 2.89. The number of amides is 1. The van der Waals surface area contributed by atoms with E-state index >= 15 is 0 Å². The summed E-state index contributed by atoms with van der Waals surface area (Å²) in [6.07, 6.45) is 7.26. The van der Waals surface area contributed by atoms with Crippen molar-refractivity contribution in [1.29, 1.82) is 5.41 Å². The molecule has 0 heterocycles. The zero-order valence-corrected chi connectivity index (χ0v) is 22.1. The highest BCUT2D eigenvalue weighted by molar-refractivity contribution is 7.90. The van der Waals surface area contributed by atoms with E-state index in [2.05, 4.69) is 0 Å². The fourth-order valence-electron chi connectivity index (χ4n) is 5.22. The fraction of sp³-hybridized carbons (Fsp3) is 0.333. The minimum absolute atomic E-state index is 0.00286. The van der Waals surface area contributed by atoms with E-state index in [1.165, 1.54) is 25.5 Å². The maximum atomic E-state index is 13.8. The summed E-state index contributed by atoms with van der Waals surface area (Å²) in [6, 6.07) is 22.0. The molecule has 1 saturated carbocycles. The van der Waals surface area contributed by atoms with Crippen LogP contribution < -0.4 is 5.73 Å². The number of sulfone groups is 1. The van der Waals surface area contributed by atoms with Gasteiger partial charge in [0.1, 0.15) is 5.84 Å². The van der Waals surface area contributed by atoms with Crippen LogP contribution in [0, 0.1) is 11.3 Å². The molecule has 0 aromatic heterocycles. The van der Waals surface area contributed by atoms with E-state index in [-0.39, 0.29) is 23.1 Å². The van der Waals surface area contributed by atoms with Gasteiger partial charge in [0.15, 0.2) is 9.84 Å². The van der Waals surface area contributed by atoms with Crippen molar-refractivity contribution in [2.75, 3.05) is 12.8 Å². The molecule has 0 saturated heterocycles. The van der Waals surface area contributed by atoms with Crippen LogP contribution in [0.5, 0.6) is 0 Å². The van der Waals surface area contributed by atoms with Gasteiger partial charge in [0, 0.05) is 30.5 Å². The summed E-state index contributed by atoms with van der Waals surface area (Å²) in [7, 11) is -3.44. The molecule has 4 rings (SSSR count). The molecular formula is C30H35N3O3S. The molecule has 0 radical (unpaired) electrons. The predicted octanol–water partition coefficient (Wildman–Crippen LogP) is 5.19. The van der Waals surface area contributed by atoms with Gasteiger partial charge >= 0.3 is 0 Å². The Bertz CT molecular complexity index is 1380. The molecule has 1 amide bonds. The van der Waals surface area contributed by atoms with Crippen LogP contribution in [0.25, 0.3) is 11.1 Å². The van der Waals surface area contributed by atoms with Crippen LogP contribution in [-0.2, 0) is 27.6 Å². The first-order valence-electron chi connectivity index (χ1n) is 12.8. The van der Waals surface area contributed by atoms with Crippen LogP contribution in [-0.4, -0.2) is 37.9 Å². The number of hydrogen-bond acceptors (Lipinski definition) is 4. The van der Waals surface area contributed by atoms with Gasteiger partial charge in [-0.3, -0.25) is 10.2 Å². The minimum Gasteiger partial charge on any atom is -0.384 e. The molecule has 3 aromatic carbocycles. The highest BCUT2D eigenvalue weighted by Gasteiger charge is 2.23. The predicted molar refractivity (Wildman–Crippen MR) is 148 cm³/mol. The van der Waals surface area contributed by atoms with Gasteiger partial charge in [0.05, 0.1) is 11.3 Å². The summed E-state index contributed by atoms with van der Waals surface area (Å²) in [5, 5.41) is 7.77. The second-order valence-electron chi connectivity index (χ2n) is 9.99. The van der Waals surface area contributed by atoms with E-state index in [1.807, 2.05) is 53.4 Å². The Kier molecular flexibility index (Phi) is 8.44. The lowest BCUT2D eigenvalue weighted by Crippen LogP contribution is -2.36. The number of rotatable bonds is 9. The Balaban J connectivity index is 1.64. The Hall–Kier alpha value is -3.45. The molecule has 0 bridgehead atoms. The van der Waals surface area contributed by atoms with E-state index in [9.17, 15) is 13.2 Å². The minimum atomic E-state index is -3.44. The lowest BCUT2D eigenvalue weighted by Gasteiger charge is -2.30. The third kappa shape index (κ3) is 6.86. The Morgan fingerprint density at radius 1 is 0.946 bits per heavy atom. The highest BCUT2D eigenvalue weighted by atomic mass is 32.2. The number of nitrogens with one attached hydrogen (secondary N) is 1. The van der Waals surface area contributed by atoms with E-state index in [0.717, 1.165) is 29.5 Å². The lowest BCUT2D eigenvalue weighted by molar-refractivity contribution is -0.131. The van der Waals surface area contributed by atoms with Crippen molar-refractivity contribution >= 4 is 21.6 Å². The van der Waals surface area contributed by atoms with Gasteiger partial charge in [-0.2, -0.15) is 0 Å². The molecule has 0 unspecified atom stereocenters. The monoisotopic (exact) mass is 517 g/mol. The fourth-order valence-corrected chi connectivity index (χ4v) is 6.12. The number of carbonyl (C=O) groups is 1. The van der Waals surface area contributed by atoms with Gasteiger partial charge in [0.2, 0.25) is 5.91 Å². The second kappa shape index (κ2) is 11.7. The van der Waals surface area contributed by atoms with Crippen molar-refractivity contribution in [2.45, 2.75) is 50.0 Å². The van der Waals surface area contributed by atoms with Gasteiger partial charge < -0.3 is 10.6 Å². The third-order valence-electron chi connectivity index (χ3n) is 7.10. The van der Waals surface area contributed by atoms with E-state index in [4.69, 9.17) is 11.1 Å². The smallest absolute Gasteiger partial charge is 0.227 e. The van der Waals surface area contributed by atoms with Crippen LogP contribution in [0.1, 0.15) is 48.8 Å². The van der Waals surface area contributed by atoms with Gasteiger partial charge in [-0.1, -0.05) is 79.9 Å². The lowest BCUT2D eigenvalue weighted by atomic mass is 9.88. The normalized spacial score (nSPS) is 14.3. The number of amidine groups is 1. The topological polar surface area (TPSA) is 104 Å². The number of hydrogen-bond donors (Lipinski definition) is 2. The van der Waals surface area contributed by atoms with Gasteiger partial charge in [-0.05, 0) is 47.6 Å². The van der Waals surface area contributed by atoms with Crippen LogP contribution >= 0.6 is 0 Å². The number of nitrogens with two attached hydrogens (primary N) is 1. The van der Waals surface area contributed by atoms with E-state index in [0.29, 0.717) is 30.1 Å². The molecular weight excluding hydrogens is 482 g/mol. The van der Waals surface area contributed by atoms with Crippen molar-refractivity contribution < 1.29 is 13.2 Å². The molecule has 1 fully saturated rings. The number of nitrogen functional groups attached to an aromatic ring is 1. The molecule has 1 aliphatic rings. The summed E-state index contributed by atoms with van der Waals surface area (Å²) < 4.78 is 24.9. The van der Waals surface area contributed by atoms with Gasteiger partial charge in [0.25, 0.3) is 0 Å². The van der Waals surface area contributed by atoms with Gasteiger partial charge in [-0.15, -0.1) is 0 Å². The van der Waals surface area contributed by atoms with Crippen molar-refractivity contribution in [2.24, 2.45) is 11.7 Å². The van der Waals surface area contributed by atoms with Crippen LogP contribution in [0.15, 0.2) is 77.7 Å². The van der Waals surface area contributed by atoms with Crippen molar-refractivity contribution in [3.63, 3.8) is 0 Å². The molecule has 37 heavy (non-hydrogen) atoms. The third-order valence-corrected chi connectivity index (χ3v) is 8.26. The average molecular weight is 518 g/mol. The van der Waals surface area contributed by atoms with Crippen LogP contribution in [0.2, 0.25) is 0 Å². The molecule has 194 valence electrons. The Morgan fingerprint density at radius 2 is 1.62 bits per heavy atom. The Labute approximate surface area is 219 Å². The first-order chi connectivity index (χ1) is 17.7. The molecule has 3 aromatic rings. The quantitative estimate of drug-likeness (QED) is 0.301. The van der Waals surface area contributed by atoms with E-state index < -0.39 is 9.84 Å². The molecule has 7 heteroatoms. The maximum Gasteiger partial charge on any atom is 0.227 e. The number of carbonyl (C=O) groups excluding carboxylic acids is 1. The molecule has 6 nitrogen and oxygen atoms in total. The van der Waals surface area contributed by atoms with Crippen molar-refractivity contribution in [3.05, 3.63) is 89.5 Å². The SMILES string of the molecule is CS(=O)(=O)c1ccccc1-c1ccccc1CC(=O)N(Cc1cccc(C(=N)N)c1)CC1CCCCC1.